The minimum absolute atomic E-state index is 0.00643. The zero-order valence-electron chi connectivity index (χ0n) is 54.5. The van der Waals surface area contributed by atoms with Crippen LogP contribution in [0, 0.1) is 23.7 Å². The molecule has 4 aliphatic heterocycles. The lowest BCUT2D eigenvalue weighted by molar-refractivity contribution is -0.151. The number of anilines is 1. The Morgan fingerprint density at radius 1 is 0.967 bits per heavy atom. The van der Waals surface area contributed by atoms with E-state index in [0.717, 1.165) is 4.90 Å². The van der Waals surface area contributed by atoms with Crippen molar-refractivity contribution in [3.63, 3.8) is 0 Å². The molecule has 91 heavy (non-hydrogen) atoms. The molecule has 8 amide bonds. The average Bonchev–Trinajstić information content (AvgIpc) is 2.25. The Labute approximate surface area is 535 Å². The van der Waals surface area contributed by atoms with Crippen LogP contribution in [0.3, 0.4) is 0 Å². The molecule has 506 valence electrons. The van der Waals surface area contributed by atoms with Crippen LogP contribution in [-0.4, -0.2) is 207 Å². The van der Waals surface area contributed by atoms with E-state index in [9.17, 15) is 63.6 Å². The van der Waals surface area contributed by atoms with Crippen LogP contribution in [0.5, 0.6) is 0 Å². The maximum atomic E-state index is 13.8. The summed E-state index contributed by atoms with van der Waals surface area (Å²) in [7, 11) is 1.61. The van der Waals surface area contributed by atoms with Gasteiger partial charge in [-0.15, -0.1) is 0 Å². The summed E-state index contributed by atoms with van der Waals surface area (Å²) in [5, 5.41) is 52.2. The maximum absolute atomic E-state index is 13.8. The topological polar surface area (TPSA) is 350 Å². The molecule has 0 bridgehead atoms. The van der Waals surface area contributed by atoms with Crippen molar-refractivity contribution < 1.29 is 82.5 Å². The second kappa shape index (κ2) is 35.7. The maximum Gasteiger partial charge on any atom is 0.410 e. The standard InChI is InChI=1S/C66H100N8O17/c1-10-50(76)45(6)60-52(89-60)40-65(7,86)28-14-16-43(4)59-44(5)19-24-53(66(8,87)29-27-49(75)39-57(81)91-59)90-64(85)73-36-34-72(35-37-73)33-32-71(9)63(84)88-41-46-20-22-48(23-21-46)69-61(82)47(17-15-30-68-62(67)83)38-51(77)58(42(2)3)70-54(78)18-12-11-13-31-74-55(79)25-26-56(74)80/h14,16,19-26,28,42,44-45,47,49-50,52-53,58-60,75-76,86-87H,10-13,15,17-18,27,29-41H2,1-9H3,(H,69,82)(H,70,78)(H3,67,68,83)/b24-19+,28-14+,43-16+/t44-,45+,47+,49+,50-,52+,53-,58-,59+,60+,65-,66+/m0/s1. The number of nitrogens with two attached hydrogens (primary N) is 1. The summed E-state index contributed by atoms with van der Waals surface area (Å²) in [6.45, 7) is 16.9. The molecule has 0 aromatic heterocycles. The van der Waals surface area contributed by atoms with E-state index >= 15 is 0 Å². The number of carbonyl (C=O) groups is 9. The molecule has 4 aliphatic rings. The van der Waals surface area contributed by atoms with Crippen molar-refractivity contribution in [3.8, 4) is 0 Å². The first-order chi connectivity index (χ1) is 43.0. The molecule has 1 aromatic rings. The third-order valence-corrected chi connectivity index (χ3v) is 17.2. The molecule has 1 aromatic carbocycles. The molecular weight excluding hydrogens is 1180 g/mol. The molecule has 0 aliphatic carbocycles. The number of nitrogens with zero attached hydrogens (tertiary/aromatic N) is 4. The van der Waals surface area contributed by atoms with Crippen LogP contribution >= 0.6 is 0 Å². The molecule has 0 unspecified atom stereocenters. The number of hydrogen-bond acceptors (Lipinski definition) is 18. The first-order valence-corrected chi connectivity index (χ1v) is 32.0. The lowest BCUT2D eigenvalue weighted by Gasteiger charge is -2.37. The van der Waals surface area contributed by atoms with Crippen molar-refractivity contribution in [2.24, 2.45) is 29.4 Å². The number of amides is 8. The highest BCUT2D eigenvalue weighted by Gasteiger charge is 2.47. The molecule has 0 saturated carbocycles. The van der Waals surface area contributed by atoms with Crippen molar-refractivity contribution in [2.45, 2.75) is 193 Å². The second-order valence-corrected chi connectivity index (χ2v) is 25.6. The predicted molar refractivity (Wildman–Crippen MR) is 338 cm³/mol. The van der Waals surface area contributed by atoms with Gasteiger partial charge in [-0.2, -0.15) is 0 Å². The monoisotopic (exact) mass is 1280 g/mol. The number of imide groups is 1. The van der Waals surface area contributed by atoms with E-state index in [0.29, 0.717) is 94.6 Å². The van der Waals surface area contributed by atoms with Crippen molar-refractivity contribution in [1.82, 2.24) is 30.2 Å². The number of rotatable bonds is 31. The number of esters is 1. The van der Waals surface area contributed by atoms with Crippen LogP contribution in [-0.2, 0) is 54.3 Å². The third kappa shape index (κ3) is 24.8. The number of aliphatic hydroxyl groups excluding tert-OH is 2. The van der Waals surface area contributed by atoms with Crippen LogP contribution in [0.4, 0.5) is 20.1 Å². The van der Waals surface area contributed by atoms with Crippen LogP contribution in [0.25, 0.3) is 0 Å². The zero-order chi connectivity index (χ0) is 67.2. The molecule has 25 heteroatoms. The number of cyclic esters (lactones) is 1. The van der Waals surface area contributed by atoms with E-state index in [2.05, 4.69) is 20.9 Å². The summed E-state index contributed by atoms with van der Waals surface area (Å²) >= 11 is 0. The summed E-state index contributed by atoms with van der Waals surface area (Å²) in [6.07, 6.45) is 8.47. The summed E-state index contributed by atoms with van der Waals surface area (Å²) in [4.78, 5) is 122. The van der Waals surface area contributed by atoms with Gasteiger partial charge in [0.05, 0.1) is 42.5 Å². The fourth-order valence-electron chi connectivity index (χ4n) is 11.2. The highest BCUT2D eigenvalue weighted by Crippen LogP contribution is 2.38. The Bertz CT molecular complexity index is 2740. The second-order valence-electron chi connectivity index (χ2n) is 25.6. The molecular formula is C66H100N8O17. The van der Waals surface area contributed by atoms with Gasteiger partial charge in [-0.25, -0.2) is 14.4 Å². The average molecular weight is 1280 g/mol. The van der Waals surface area contributed by atoms with E-state index in [-0.39, 0.29) is 106 Å². The molecule has 0 radical (unpaired) electrons. The Kier molecular flexibility index (Phi) is 29.3. The number of aliphatic hydroxyl groups is 4. The number of unbranched alkanes of at least 4 members (excludes halogenated alkanes) is 2. The quantitative estimate of drug-likeness (QED) is 0.00902. The highest BCUT2D eigenvalue weighted by molar-refractivity contribution is 6.12. The SMILES string of the molecule is CC[C@H](O)[C@@H](C)[C@H]1O[C@@H]1C[C@@](C)(O)/C=C/C=C(\C)[C@H]1OC(=O)C[C@H](O)CC[C@@](C)(O)[C@@H](OC(=O)N2CCN(CCN(C)C(=O)OCc3ccc(NC(=O)[C@H](CCCNC(N)=O)CC(=O)[C@@H](NC(=O)CCCCCN4C(=O)C=CC4=O)C(C)C)cc3)CC2)/C=C/[C@@H]1C. The minimum Gasteiger partial charge on any atom is -0.457 e. The first kappa shape index (κ1) is 74.7. The number of likely N-dealkylation sites (N-methyl/N-ethyl adjacent to an activating group) is 1. The Morgan fingerprint density at radius 3 is 2.30 bits per heavy atom. The van der Waals surface area contributed by atoms with Crippen molar-refractivity contribution >= 4 is 59.3 Å². The predicted octanol–water partition coefficient (Wildman–Crippen LogP) is 5.18. The number of Topliss-reactive ketones (excluding diaryl/α,β-unsaturated/α-hetero) is 1. The fourth-order valence-corrected chi connectivity index (χ4v) is 11.2. The van der Waals surface area contributed by atoms with Gasteiger partial charge >= 0.3 is 24.2 Å². The number of ether oxygens (including phenoxy) is 4. The van der Waals surface area contributed by atoms with E-state index in [1.54, 1.807) is 94.3 Å². The first-order valence-electron chi connectivity index (χ1n) is 32.0. The van der Waals surface area contributed by atoms with Gasteiger partial charge in [-0.1, -0.05) is 77.5 Å². The van der Waals surface area contributed by atoms with Crippen molar-refractivity contribution in [3.05, 3.63) is 77.9 Å². The van der Waals surface area contributed by atoms with Crippen molar-refractivity contribution in [2.75, 3.05) is 64.7 Å². The summed E-state index contributed by atoms with van der Waals surface area (Å²) in [5.74, 6) is -4.11. The molecule has 25 nitrogen and oxygen atoms in total. The Balaban J connectivity index is 1.07. The van der Waals surface area contributed by atoms with Crippen LogP contribution < -0.4 is 21.7 Å². The number of primary amides is 1. The van der Waals surface area contributed by atoms with Gasteiger partial charge in [0.1, 0.15) is 18.3 Å². The minimum atomic E-state index is -1.62. The fraction of sp³-hybridized carbons (Fsp3) is 0.652. The molecule has 12 atom stereocenters. The number of benzene rings is 1. The highest BCUT2D eigenvalue weighted by atomic mass is 16.6. The van der Waals surface area contributed by atoms with E-state index < -0.39 is 83.6 Å². The molecule has 5 rings (SSSR count). The summed E-state index contributed by atoms with van der Waals surface area (Å²) in [6, 6.07) is 5.07. The number of allylic oxidation sites excluding steroid dienone is 2. The number of carbonyl (C=O) groups excluding carboxylic acids is 9. The summed E-state index contributed by atoms with van der Waals surface area (Å²) < 4.78 is 23.3. The van der Waals surface area contributed by atoms with Gasteiger partial charge in [0.25, 0.3) is 11.8 Å². The lowest BCUT2D eigenvalue weighted by atomic mass is 9.88. The molecule has 4 heterocycles. The lowest BCUT2D eigenvalue weighted by Crippen LogP contribution is -2.52. The summed E-state index contributed by atoms with van der Waals surface area (Å²) in [5.41, 5.74) is 4.09. The third-order valence-electron chi connectivity index (χ3n) is 17.2. The molecule has 2 fully saturated rings. The smallest absolute Gasteiger partial charge is 0.410 e. The number of epoxide rings is 1. The molecule has 2 saturated heterocycles. The number of ketones is 1. The Morgan fingerprint density at radius 2 is 1.65 bits per heavy atom. The number of hydrogen-bond donors (Lipinski definition) is 8. The van der Waals surface area contributed by atoms with Gasteiger partial charge in [-0.05, 0) is 101 Å². The van der Waals surface area contributed by atoms with Gasteiger partial charge in [0.15, 0.2) is 11.9 Å². The van der Waals surface area contributed by atoms with Gasteiger partial charge in [-0.3, -0.25) is 38.6 Å². The zero-order valence-corrected chi connectivity index (χ0v) is 54.5. The Hall–Kier alpha value is -7.03. The number of urea groups is 1. The normalized spacial score (nSPS) is 24.9. The molecule has 9 N–H and O–H groups in total. The van der Waals surface area contributed by atoms with Gasteiger partial charge in [0, 0.05) is 114 Å². The van der Waals surface area contributed by atoms with Gasteiger partial charge in [0.2, 0.25) is 11.8 Å². The van der Waals surface area contributed by atoms with Crippen LogP contribution in [0.2, 0.25) is 0 Å². The van der Waals surface area contributed by atoms with Crippen molar-refractivity contribution in [1.29, 1.82) is 0 Å². The molecule has 0 spiro atoms. The van der Waals surface area contributed by atoms with Crippen LogP contribution in [0.1, 0.15) is 138 Å². The number of nitrogens with one attached hydrogen (secondary N) is 3. The largest absolute Gasteiger partial charge is 0.457 e. The van der Waals surface area contributed by atoms with Crippen LogP contribution in [0.15, 0.2) is 72.4 Å². The number of piperazine rings is 1. The van der Waals surface area contributed by atoms with E-state index in [4.69, 9.17) is 24.7 Å². The van der Waals surface area contributed by atoms with E-state index in [1.165, 1.54) is 24.0 Å². The van der Waals surface area contributed by atoms with E-state index in [1.807, 2.05) is 20.8 Å². The van der Waals surface area contributed by atoms with Gasteiger partial charge < -0.3 is 70.9 Å².